The van der Waals surface area contributed by atoms with Crippen LogP contribution in [0, 0.1) is 20.2 Å². The van der Waals surface area contributed by atoms with Gasteiger partial charge in [0, 0.05) is 6.07 Å². The molecule has 1 aromatic carbocycles. The van der Waals surface area contributed by atoms with Crippen LogP contribution in [0.25, 0.3) is 0 Å². The Morgan fingerprint density at radius 3 is 2.18 bits per heavy atom. The molecule has 0 fully saturated rings. The molecule has 0 amide bonds. The average molecular weight is 374 g/mol. The maximum atomic E-state index is 11.3. The van der Waals surface area contributed by atoms with Crippen LogP contribution in [0.1, 0.15) is 0 Å². The summed E-state index contributed by atoms with van der Waals surface area (Å²) in [6, 6.07) is 2.16. The molecule has 11 heteroatoms. The largest absolute Gasteiger partial charge is 0.312 e. The van der Waals surface area contributed by atoms with E-state index in [0.29, 0.717) is 6.07 Å². The number of hydrogen-bond acceptors (Lipinski definition) is 7. The highest BCUT2D eigenvalue weighted by Crippen LogP contribution is 2.30. The van der Waals surface area contributed by atoms with Crippen molar-refractivity contribution in [1.29, 1.82) is 0 Å². The summed E-state index contributed by atoms with van der Waals surface area (Å²) in [7, 11) is -4.29. The van der Waals surface area contributed by atoms with Crippen molar-refractivity contribution in [2.24, 2.45) is 0 Å². The third-order valence-corrected chi connectivity index (χ3v) is 4.17. The molecule has 0 aliphatic carbocycles. The number of nitrogens with zero attached hydrogens (tertiary/aromatic N) is 2. The molecule has 1 rings (SSSR count). The molecule has 0 heterocycles. The third-order valence-electron chi connectivity index (χ3n) is 1.70. The number of hydrogen-bond donors (Lipinski definition) is 0. The van der Waals surface area contributed by atoms with E-state index in [1.54, 1.807) is 0 Å². The summed E-state index contributed by atoms with van der Waals surface area (Å²) in [6.07, 6.45) is 0. The van der Waals surface area contributed by atoms with Crippen molar-refractivity contribution in [3.05, 3.63) is 38.4 Å². The first-order chi connectivity index (χ1) is 7.79. The lowest BCUT2D eigenvalue weighted by atomic mass is 10.3. The Hall–Kier alpha value is -1.34. The van der Waals surface area contributed by atoms with Gasteiger partial charge in [-0.2, -0.15) is 10.9 Å². The maximum Gasteiger partial charge on any atom is 0.312 e. The van der Waals surface area contributed by atoms with Crippen LogP contribution in [0.3, 0.4) is 0 Å². The molecule has 0 aromatic heterocycles. The lowest BCUT2D eigenvalue weighted by Gasteiger charge is -2.01. The summed E-state index contributed by atoms with van der Waals surface area (Å²) in [5.41, 5.74) is -1.49. The summed E-state index contributed by atoms with van der Waals surface area (Å²) in [4.78, 5) is 18.4. The molecule has 0 aliphatic heterocycles. The predicted molar refractivity (Wildman–Crippen MR) is 62.0 cm³/mol. The number of rotatable bonds is 4. The normalized spacial score (nSPS) is 11.1. The van der Waals surface area contributed by atoms with Crippen molar-refractivity contribution in [1.82, 2.24) is 0 Å². The summed E-state index contributed by atoms with van der Waals surface area (Å²) in [5.74, 6) is 0. The molecule has 0 aliphatic rings. The first-order valence-electron chi connectivity index (χ1n) is 3.77. The summed E-state index contributed by atoms with van der Waals surface area (Å²) in [6.45, 7) is 0. The monoisotopic (exact) mass is 374 g/mol. The Balaban J connectivity index is 3.54. The van der Waals surface area contributed by atoms with Gasteiger partial charge in [-0.3, -0.25) is 20.2 Å². The number of non-ortho nitro benzene ring substituents is 1. The number of nitro benzene ring substituents is 2. The van der Waals surface area contributed by atoms with Gasteiger partial charge in [0.1, 0.15) is 23.0 Å². The third kappa shape index (κ3) is 2.86. The van der Waals surface area contributed by atoms with E-state index in [0.717, 1.165) is 35.1 Å². The topological polar surface area (TPSA) is 130 Å². The molecule has 0 N–H and O–H groups in total. The van der Waals surface area contributed by atoms with E-state index in [2.05, 4.69) is 2.51 Å². The maximum absolute atomic E-state index is 11.3. The van der Waals surface area contributed by atoms with Gasteiger partial charge >= 0.3 is 10.1 Å². The minimum atomic E-state index is -4.29. The van der Waals surface area contributed by atoms with Crippen LogP contribution >= 0.6 is 23.0 Å². The van der Waals surface area contributed by atoms with Crippen molar-refractivity contribution in [3.8, 4) is 0 Å². The van der Waals surface area contributed by atoms with Crippen molar-refractivity contribution >= 4 is 44.5 Å². The number of benzene rings is 1. The van der Waals surface area contributed by atoms with Crippen LogP contribution in [0.15, 0.2) is 23.1 Å². The number of halogens is 1. The second-order valence-corrected chi connectivity index (χ2v) is 5.24. The smallest absolute Gasteiger partial charge is 0.258 e. The van der Waals surface area contributed by atoms with Gasteiger partial charge in [0.05, 0.1) is 15.9 Å². The Morgan fingerprint density at radius 1 is 1.18 bits per heavy atom. The van der Waals surface area contributed by atoms with E-state index in [9.17, 15) is 28.6 Å². The van der Waals surface area contributed by atoms with Gasteiger partial charge in [0.2, 0.25) is 0 Å². The van der Waals surface area contributed by atoms with Gasteiger partial charge < -0.3 is 0 Å². The van der Waals surface area contributed by atoms with Crippen molar-refractivity contribution < 1.29 is 20.8 Å². The quantitative estimate of drug-likeness (QED) is 0.444. The molecule has 0 bridgehead atoms. The highest BCUT2D eigenvalue weighted by atomic mass is 127. The SMILES string of the molecule is O=[N+]([O-])c1ccc(S(=O)(=O)OI)c([N+](=O)[O-])c1. The molecule has 0 unspecified atom stereocenters. The van der Waals surface area contributed by atoms with Gasteiger partial charge in [-0.25, -0.2) is 0 Å². The minimum absolute atomic E-state index is 0.558. The molecule has 0 radical (unpaired) electrons. The van der Waals surface area contributed by atoms with Gasteiger partial charge in [-0.1, -0.05) is 0 Å². The van der Waals surface area contributed by atoms with Gasteiger partial charge in [0.15, 0.2) is 4.90 Å². The summed E-state index contributed by atoms with van der Waals surface area (Å²) < 4.78 is 26.7. The van der Waals surface area contributed by atoms with E-state index in [1.165, 1.54) is 0 Å². The molecular formula is C6H3IN2O7S. The van der Waals surface area contributed by atoms with Crippen LogP contribution in [0.2, 0.25) is 0 Å². The minimum Gasteiger partial charge on any atom is -0.258 e. The van der Waals surface area contributed by atoms with Gasteiger partial charge in [-0.15, -0.1) is 0 Å². The second-order valence-electron chi connectivity index (χ2n) is 2.68. The van der Waals surface area contributed by atoms with Crippen molar-refractivity contribution in [3.63, 3.8) is 0 Å². The standard InChI is InChI=1S/C6H3IN2O7S/c7-16-17(14,15)6-2-1-4(8(10)11)3-5(6)9(12)13/h1-3H. The fourth-order valence-corrected chi connectivity index (χ4v) is 2.28. The molecule has 0 saturated heterocycles. The Labute approximate surface area is 108 Å². The average Bonchev–Trinajstić information content (AvgIpc) is 2.28. The summed E-state index contributed by atoms with van der Waals surface area (Å²) in [5, 5.41) is 21.0. The van der Waals surface area contributed by atoms with Gasteiger partial charge in [-0.05, 0) is 6.07 Å². The van der Waals surface area contributed by atoms with Crippen LogP contribution in [0.5, 0.6) is 0 Å². The van der Waals surface area contributed by atoms with E-state index in [-0.39, 0.29) is 0 Å². The number of nitro groups is 2. The molecule has 0 atom stereocenters. The zero-order valence-electron chi connectivity index (χ0n) is 7.77. The highest BCUT2D eigenvalue weighted by molar-refractivity contribution is 14.1. The van der Waals surface area contributed by atoms with Crippen LogP contribution in [-0.4, -0.2) is 18.3 Å². The zero-order valence-corrected chi connectivity index (χ0v) is 10.7. The first-order valence-corrected chi connectivity index (χ1v) is 6.06. The fraction of sp³-hybridized carbons (Fsp3) is 0. The second kappa shape index (κ2) is 4.89. The van der Waals surface area contributed by atoms with Gasteiger partial charge in [0.25, 0.3) is 11.4 Å². The Morgan fingerprint density at radius 2 is 1.76 bits per heavy atom. The van der Waals surface area contributed by atoms with Crippen LogP contribution < -0.4 is 0 Å². The molecule has 9 nitrogen and oxygen atoms in total. The predicted octanol–water partition coefficient (Wildman–Crippen LogP) is 1.56. The fourth-order valence-electron chi connectivity index (χ4n) is 1.01. The Bertz CT molecular complexity index is 584. The molecule has 17 heavy (non-hydrogen) atoms. The van der Waals surface area contributed by atoms with Crippen molar-refractivity contribution in [2.75, 3.05) is 0 Å². The van der Waals surface area contributed by atoms with Crippen molar-refractivity contribution in [2.45, 2.75) is 4.90 Å². The Kier molecular flexibility index (Phi) is 3.94. The lowest BCUT2D eigenvalue weighted by molar-refractivity contribution is -0.396. The molecular weight excluding hydrogens is 371 g/mol. The van der Waals surface area contributed by atoms with Crippen LogP contribution in [0.4, 0.5) is 11.4 Å². The molecule has 92 valence electrons. The van der Waals surface area contributed by atoms with E-state index >= 15 is 0 Å². The first kappa shape index (κ1) is 13.7. The van der Waals surface area contributed by atoms with Crippen LogP contribution in [-0.2, 0) is 12.6 Å². The lowest BCUT2D eigenvalue weighted by Crippen LogP contribution is -2.05. The van der Waals surface area contributed by atoms with E-state index in [1.807, 2.05) is 0 Å². The highest BCUT2D eigenvalue weighted by Gasteiger charge is 2.28. The zero-order chi connectivity index (χ0) is 13.2. The van der Waals surface area contributed by atoms with E-state index in [4.69, 9.17) is 0 Å². The summed E-state index contributed by atoms with van der Waals surface area (Å²) >= 11 is 1.05. The molecule has 1 aromatic rings. The molecule has 0 spiro atoms. The molecule has 0 saturated carbocycles. The van der Waals surface area contributed by atoms with E-state index < -0.39 is 36.2 Å².